The van der Waals surface area contributed by atoms with Gasteiger partial charge < -0.3 is 14.5 Å². The molecule has 0 spiro atoms. The molecule has 0 aromatic heterocycles. The maximum Gasteiger partial charge on any atom is 0.270 e. The van der Waals surface area contributed by atoms with E-state index in [0.717, 1.165) is 56.1 Å². The molecule has 1 amide bonds. The molecule has 5 nitrogen and oxygen atoms in total. The minimum atomic E-state index is -0.156. The van der Waals surface area contributed by atoms with Crippen molar-refractivity contribution in [1.82, 2.24) is 9.80 Å². The van der Waals surface area contributed by atoms with Crippen LogP contribution in [-0.4, -0.2) is 66.4 Å². The lowest BCUT2D eigenvalue weighted by Gasteiger charge is -2.32. The van der Waals surface area contributed by atoms with E-state index in [2.05, 4.69) is 16.8 Å². The Morgan fingerprint density at radius 2 is 1.71 bits per heavy atom. The highest BCUT2D eigenvalue weighted by atomic mass is 35.5. The van der Waals surface area contributed by atoms with E-state index in [4.69, 9.17) is 40.2 Å². The highest BCUT2D eigenvalue weighted by Crippen LogP contribution is 2.37. The van der Waals surface area contributed by atoms with Crippen LogP contribution in [0.4, 0.5) is 5.69 Å². The largest absolute Gasteiger partial charge is 0.494 e. The van der Waals surface area contributed by atoms with Crippen LogP contribution < -0.4 is 9.64 Å². The molecule has 35 heavy (non-hydrogen) atoms. The number of hydrogen-bond acceptors (Lipinski definition) is 6. The number of benzene rings is 2. The molecule has 2 aliphatic rings. The number of likely N-dealkylation sites (N-methyl/N-ethyl adjacent to an activating group) is 1. The van der Waals surface area contributed by atoms with E-state index in [9.17, 15) is 4.79 Å². The van der Waals surface area contributed by atoms with Crippen LogP contribution >= 0.6 is 72.0 Å². The van der Waals surface area contributed by atoms with E-state index < -0.39 is 0 Å². The van der Waals surface area contributed by atoms with Gasteiger partial charge in [0.2, 0.25) is 0 Å². The fourth-order valence-electron chi connectivity index (χ4n) is 3.68. The molecule has 0 radical (unpaired) electrons. The maximum atomic E-state index is 13.0. The first kappa shape index (κ1) is 30.2. The molecule has 0 N–H and O–H groups in total. The summed E-state index contributed by atoms with van der Waals surface area (Å²) in [6.07, 6.45) is 2.76. The second-order valence-electron chi connectivity index (χ2n) is 8.03. The lowest BCUT2D eigenvalue weighted by Crippen LogP contribution is -2.44. The Morgan fingerprint density at radius 3 is 2.37 bits per heavy atom. The van der Waals surface area contributed by atoms with E-state index in [-0.39, 0.29) is 30.7 Å². The van der Waals surface area contributed by atoms with Gasteiger partial charge in [0.15, 0.2) is 4.32 Å². The number of carbonyl (C=O) groups is 1. The number of rotatable bonds is 7. The third-order valence-corrected chi connectivity index (χ3v) is 7.65. The number of hydrogen-bond donors (Lipinski definition) is 0. The summed E-state index contributed by atoms with van der Waals surface area (Å²) in [5, 5.41) is 0.919. The molecule has 190 valence electrons. The first-order chi connectivity index (χ1) is 15.9. The van der Waals surface area contributed by atoms with Crippen molar-refractivity contribution in [3.05, 3.63) is 63.0 Å². The van der Waals surface area contributed by atoms with Gasteiger partial charge in [0.25, 0.3) is 5.91 Å². The van der Waals surface area contributed by atoms with Crippen LogP contribution in [0.5, 0.6) is 5.75 Å². The standard InChI is InChI=1S/C24H25Cl2N3O2S2.2ClH/c1-27-10-12-28(13-11-27)9-2-14-31-19-6-4-18(5-7-19)29-23(30)22(33-24(29)32)16-17-3-8-20(25)21(26)15-17;;/h3-8,15-16H,2,9-14H2,1H3;2*1H/b22-16-;;. The Balaban J connectivity index is 0.00000216. The third kappa shape index (κ3) is 7.98. The van der Waals surface area contributed by atoms with Gasteiger partial charge in [-0.15, -0.1) is 24.8 Å². The highest BCUT2D eigenvalue weighted by molar-refractivity contribution is 8.27. The topological polar surface area (TPSA) is 36.0 Å². The van der Waals surface area contributed by atoms with Crippen molar-refractivity contribution in [1.29, 1.82) is 0 Å². The molecular formula is C24H27Cl4N3O2S2. The van der Waals surface area contributed by atoms with Gasteiger partial charge in [-0.2, -0.15) is 0 Å². The summed E-state index contributed by atoms with van der Waals surface area (Å²) in [7, 11) is 2.16. The molecule has 0 saturated carbocycles. The first-order valence-corrected chi connectivity index (χ1v) is 12.8. The number of thiocarbonyl (C=S) groups is 1. The number of carbonyl (C=O) groups excluding carboxylic acids is 1. The number of piperazine rings is 1. The van der Waals surface area contributed by atoms with Gasteiger partial charge in [0.05, 0.1) is 27.2 Å². The van der Waals surface area contributed by atoms with Gasteiger partial charge in [0, 0.05) is 32.7 Å². The molecule has 2 heterocycles. The molecule has 2 saturated heterocycles. The quantitative estimate of drug-likeness (QED) is 0.214. The van der Waals surface area contributed by atoms with Gasteiger partial charge in [-0.25, -0.2) is 0 Å². The molecule has 2 aromatic rings. The summed E-state index contributed by atoms with van der Waals surface area (Å²) in [5.74, 6) is 0.630. The van der Waals surface area contributed by atoms with Crippen LogP contribution in [0.2, 0.25) is 10.0 Å². The van der Waals surface area contributed by atoms with Crippen molar-refractivity contribution in [3.63, 3.8) is 0 Å². The number of thioether (sulfide) groups is 1. The van der Waals surface area contributed by atoms with E-state index >= 15 is 0 Å². The van der Waals surface area contributed by atoms with Gasteiger partial charge in [-0.05, 0) is 61.5 Å². The molecule has 11 heteroatoms. The Bertz CT molecular complexity index is 1060. The van der Waals surface area contributed by atoms with Crippen LogP contribution in [-0.2, 0) is 4.79 Å². The van der Waals surface area contributed by atoms with E-state index in [1.807, 2.05) is 30.3 Å². The van der Waals surface area contributed by atoms with Crippen molar-refractivity contribution in [2.75, 3.05) is 51.3 Å². The molecule has 2 aliphatic heterocycles. The molecule has 0 bridgehead atoms. The Kier molecular flexibility index (Phi) is 12.1. The van der Waals surface area contributed by atoms with Crippen LogP contribution in [0, 0.1) is 0 Å². The van der Waals surface area contributed by atoms with Crippen molar-refractivity contribution in [3.8, 4) is 5.75 Å². The average Bonchev–Trinajstić information content (AvgIpc) is 3.08. The Hall–Kier alpha value is -1.03. The fraction of sp³-hybridized carbons (Fsp3) is 0.333. The van der Waals surface area contributed by atoms with Crippen LogP contribution in [0.25, 0.3) is 6.08 Å². The Labute approximate surface area is 238 Å². The molecule has 2 fully saturated rings. The van der Waals surface area contributed by atoms with Crippen LogP contribution in [0.15, 0.2) is 47.4 Å². The summed E-state index contributed by atoms with van der Waals surface area (Å²) < 4.78 is 6.39. The number of ether oxygens (including phenoxy) is 1. The van der Waals surface area contributed by atoms with Gasteiger partial charge >= 0.3 is 0 Å². The third-order valence-electron chi connectivity index (χ3n) is 5.61. The number of nitrogens with zero attached hydrogens (tertiary/aromatic N) is 3. The summed E-state index contributed by atoms with van der Waals surface area (Å²) in [4.78, 5) is 19.9. The lowest BCUT2D eigenvalue weighted by molar-refractivity contribution is -0.113. The summed E-state index contributed by atoms with van der Waals surface area (Å²) >= 11 is 18.8. The Morgan fingerprint density at radius 1 is 1.03 bits per heavy atom. The van der Waals surface area contributed by atoms with Gasteiger partial charge in [0.1, 0.15) is 5.75 Å². The van der Waals surface area contributed by atoms with Crippen LogP contribution in [0.1, 0.15) is 12.0 Å². The van der Waals surface area contributed by atoms with Crippen molar-refractivity contribution >= 4 is 94.0 Å². The minimum Gasteiger partial charge on any atom is -0.494 e. The molecule has 0 atom stereocenters. The lowest BCUT2D eigenvalue weighted by atomic mass is 10.2. The zero-order valence-corrected chi connectivity index (χ0v) is 23.9. The summed E-state index contributed by atoms with van der Waals surface area (Å²) in [6.45, 7) is 6.21. The van der Waals surface area contributed by atoms with Gasteiger partial charge in [-0.3, -0.25) is 9.69 Å². The fourth-order valence-corrected chi connectivity index (χ4v) is 5.29. The second-order valence-corrected chi connectivity index (χ2v) is 10.5. The van der Waals surface area contributed by atoms with E-state index in [1.54, 1.807) is 23.1 Å². The van der Waals surface area contributed by atoms with Gasteiger partial charge in [-0.1, -0.05) is 53.2 Å². The van der Waals surface area contributed by atoms with E-state index in [1.165, 1.54) is 11.8 Å². The molecule has 2 aromatic carbocycles. The van der Waals surface area contributed by atoms with Crippen molar-refractivity contribution in [2.24, 2.45) is 0 Å². The monoisotopic (exact) mass is 593 g/mol. The first-order valence-electron chi connectivity index (χ1n) is 10.8. The molecule has 4 rings (SSSR count). The van der Waals surface area contributed by atoms with Crippen LogP contribution in [0.3, 0.4) is 0 Å². The smallest absolute Gasteiger partial charge is 0.270 e. The second kappa shape index (κ2) is 14.1. The summed E-state index contributed by atoms with van der Waals surface area (Å²) in [6, 6.07) is 12.7. The predicted octanol–water partition coefficient (Wildman–Crippen LogP) is 6.26. The number of amides is 1. The normalized spacial score (nSPS) is 17.9. The minimum absolute atomic E-state index is 0. The van der Waals surface area contributed by atoms with E-state index in [0.29, 0.717) is 25.9 Å². The number of anilines is 1. The highest BCUT2D eigenvalue weighted by Gasteiger charge is 2.33. The summed E-state index contributed by atoms with van der Waals surface area (Å²) in [5.41, 5.74) is 1.52. The predicted molar refractivity (Wildman–Crippen MR) is 157 cm³/mol. The maximum absolute atomic E-state index is 13.0. The zero-order valence-electron chi connectivity index (χ0n) is 19.1. The van der Waals surface area contributed by atoms with Crippen molar-refractivity contribution in [2.45, 2.75) is 6.42 Å². The average molecular weight is 595 g/mol. The number of halogens is 4. The molecular weight excluding hydrogens is 568 g/mol. The molecule has 0 unspecified atom stereocenters. The van der Waals surface area contributed by atoms with Crippen molar-refractivity contribution < 1.29 is 9.53 Å². The SMILES string of the molecule is CN1CCN(CCCOc2ccc(N3C(=O)/C(=C/c4ccc(Cl)c(Cl)c4)SC3=S)cc2)CC1.Cl.Cl. The molecule has 0 aliphatic carbocycles. The zero-order chi connectivity index (χ0) is 23.4.